The lowest BCUT2D eigenvalue weighted by atomic mass is 10.0. The smallest absolute Gasteiger partial charge is 0.332 e. The average Bonchev–Trinajstić information content (AvgIpc) is 2.76. The van der Waals surface area contributed by atoms with Gasteiger partial charge in [-0.15, -0.1) is 0 Å². The molecule has 1 atom stereocenters. The van der Waals surface area contributed by atoms with Gasteiger partial charge in [0.25, 0.3) is 0 Å². The minimum atomic E-state index is -1.02. The number of carbonyl (C=O) groups excluding carboxylic acids is 1. The van der Waals surface area contributed by atoms with Crippen molar-refractivity contribution in [3.63, 3.8) is 0 Å². The summed E-state index contributed by atoms with van der Waals surface area (Å²) in [5.41, 5.74) is -0.312. The van der Waals surface area contributed by atoms with E-state index in [1.165, 1.54) is 23.2 Å². The van der Waals surface area contributed by atoms with E-state index in [1.807, 2.05) is 0 Å². The molecule has 0 unspecified atom stereocenters. The maximum atomic E-state index is 13.5. The van der Waals surface area contributed by atoms with E-state index in [1.54, 1.807) is 58.2 Å². The lowest BCUT2D eigenvalue weighted by Crippen LogP contribution is -2.40. The number of aromatic nitrogens is 2. The molecule has 0 fully saturated rings. The van der Waals surface area contributed by atoms with Crippen LogP contribution in [0, 0.1) is 0 Å². The van der Waals surface area contributed by atoms with Crippen LogP contribution in [-0.2, 0) is 0 Å². The number of carbonyl (C=O) groups is 1. The molecule has 2 amide bonds. The van der Waals surface area contributed by atoms with Crippen molar-refractivity contribution in [2.24, 2.45) is 0 Å². The zero-order valence-electron chi connectivity index (χ0n) is 18.9. The Morgan fingerprint density at radius 2 is 1.74 bits per heavy atom. The minimum absolute atomic E-state index is 0.185. The summed E-state index contributed by atoms with van der Waals surface area (Å²) >= 11 is 18.5. The molecule has 11 heteroatoms. The van der Waals surface area contributed by atoms with Gasteiger partial charge in [-0.3, -0.25) is 0 Å². The van der Waals surface area contributed by atoms with Gasteiger partial charge in [-0.1, -0.05) is 34.8 Å². The molecule has 2 aromatic carbocycles. The summed E-state index contributed by atoms with van der Waals surface area (Å²) in [4.78, 5) is 23.5. The molecule has 8 nitrogen and oxygen atoms in total. The van der Waals surface area contributed by atoms with Gasteiger partial charge >= 0.3 is 6.03 Å². The molecular weight excluding hydrogens is 501 g/mol. The second-order valence-corrected chi connectivity index (χ2v) is 9.22. The number of urea groups is 1. The van der Waals surface area contributed by atoms with Gasteiger partial charge in [-0.25, -0.2) is 14.7 Å². The first-order valence-electron chi connectivity index (χ1n) is 10.2. The number of hydrogen-bond acceptors (Lipinski definition) is 6. The number of nitrogens with zero attached hydrogens (tertiary/aromatic N) is 3. The molecule has 1 aromatic heterocycles. The number of benzene rings is 2. The molecule has 0 saturated carbocycles. The number of rotatable bonds is 7. The van der Waals surface area contributed by atoms with E-state index < -0.39 is 11.6 Å². The van der Waals surface area contributed by atoms with Crippen molar-refractivity contribution in [2.45, 2.75) is 32.4 Å². The molecule has 0 bridgehead atoms. The van der Waals surface area contributed by atoms with Crippen molar-refractivity contribution in [3.8, 4) is 5.75 Å². The normalized spacial score (nSPS) is 12.1. The molecular formula is C23H24Cl3N5O3. The fraction of sp³-hybridized carbons (Fsp3) is 0.261. The second kappa shape index (κ2) is 10.7. The molecule has 3 N–H and O–H groups in total. The Morgan fingerprint density at radius 1 is 1.12 bits per heavy atom. The van der Waals surface area contributed by atoms with Gasteiger partial charge in [0.2, 0.25) is 5.95 Å². The predicted octanol–water partition coefficient (Wildman–Crippen LogP) is 6.39. The number of amides is 2. The van der Waals surface area contributed by atoms with Crippen molar-refractivity contribution in [1.29, 1.82) is 0 Å². The summed E-state index contributed by atoms with van der Waals surface area (Å²) in [6.45, 7) is 5.14. The molecule has 0 spiro atoms. The van der Waals surface area contributed by atoms with E-state index >= 15 is 0 Å². The van der Waals surface area contributed by atoms with Crippen LogP contribution in [0.4, 0.5) is 27.9 Å². The Morgan fingerprint density at radius 3 is 2.29 bits per heavy atom. The Balaban J connectivity index is 2.01. The van der Waals surface area contributed by atoms with Gasteiger partial charge in [0.15, 0.2) is 0 Å². The third-order valence-electron chi connectivity index (χ3n) is 5.05. The van der Waals surface area contributed by atoms with Crippen LogP contribution in [0.15, 0.2) is 48.7 Å². The third-order valence-corrected chi connectivity index (χ3v) is 5.86. The molecule has 3 aromatic rings. The zero-order chi connectivity index (χ0) is 25.0. The van der Waals surface area contributed by atoms with Crippen LogP contribution in [0.5, 0.6) is 5.75 Å². The molecule has 0 aliphatic heterocycles. The summed E-state index contributed by atoms with van der Waals surface area (Å²) in [5, 5.41) is 16.7. The summed E-state index contributed by atoms with van der Waals surface area (Å²) < 4.78 is 5.22. The number of anilines is 4. The first-order valence-corrected chi connectivity index (χ1v) is 11.3. The maximum absolute atomic E-state index is 13.5. The molecule has 0 aliphatic carbocycles. The highest BCUT2D eigenvalue weighted by Gasteiger charge is 2.25. The van der Waals surface area contributed by atoms with Gasteiger partial charge in [0.05, 0.1) is 40.2 Å². The fourth-order valence-electron chi connectivity index (χ4n) is 2.82. The molecule has 3 rings (SSSR count). The van der Waals surface area contributed by atoms with Gasteiger partial charge in [0, 0.05) is 17.3 Å². The van der Waals surface area contributed by atoms with Crippen LogP contribution in [0.1, 0.15) is 20.8 Å². The zero-order valence-corrected chi connectivity index (χ0v) is 21.2. The quantitative estimate of drug-likeness (QED) is 0.331. The van der Waals surface area contributed by atoms with E-state index in [-0.39, 0.29) is 33.5 Å². The summed E-state index contributed by atoms with van der Waals surface area (Å²) in [6, 6.07) is 10.4. The lowest BCUT2D eigenvalue weighted by molar-refractivity contribution is 0.0646. The van der Waals surface area contributed by atoms with E-state index in [2.05, 4.69) is 20.6 Å². The summed E-state index contributed by atoms with van der Waals surface area (Å²) in [7, 11) is 1.55. The maximum Gasteiger partial charge on any atom is 0.332 e. The number of methoxy groups -OCH3 is 1. The predicted molar refractivity (Wildman–Crippen MR) is 137 cm³/mol. The first-order chi connectivity index (χ1) is 16.0. The van der Waals surface area contributed by atoms with E-state index in [9.17, 15) is 9.90 Å². The van der Waals surface area contributed by atoms with Crippen molar-refractivity contribution in [2.75, 3.05) is 22.6 Å². The van der Waals surface area contributed by atoms with Crippen molar-refractivity contribution in [3.05, 3.63) is 63.7 Å². The SMILES string of the molecule is COc1ccc(N(C(=O)Nc2c(Cl)cc(Cl)cc2Cl)c2ccnc(N[C@@H](C)C(C)(C)O)n2)cc1. The largest absolute Gasteiger partial charge is 0.497 e. The van der Waals surface area contributed by atoms with E-state index in [0.29, 0.717) is 16.5 Å². The van der Waals surface area contributed by atoms with E-state index in [0.717, 1.165) is 0 Å². The van der Waals surface area contributed by atoms with Crippen molar-refractivity contribution in [1.82, 2.24) is 9.97 Å². The van der Waals surface area contributed by atoms with Crippen LogP contribution in [-0.4, -0.2) is 39.9 Å². The van der Waals surface area contributed by atoms with Crippen LogP contribution in [0.25, 0.3) is 0 Å². The highest BCUT2D eigenvalue weighted by atomic mass is 35.5. The highest BCUT2D eigenvalue weighted by Crippen LogP contribution is 2.35. The Hall–Kier alpha value is -2.78. The van der Waals surface area contributed by atoms with Crippen molar-refractivity contribution < 1.29 is 14.6 Å². The summed E-state index contributed by atoms with van der Waals surface area (Å²) in [6.07, 6.45) is 1.51. The standard InChI is InChI=1S/C23H24Cl3N5O3/c1-13(23(2,3)33)28-21-27-10-9-19(29-21)31(15-5-7-16(34-4)8-6-15)22(32)30-20-17(25)11-14(24)12-18(20)26/h5-13,33H,1-4H3,(H,30,32)(H,27,28,29)/t13-/m0/s1. The fourth-order valence-corrected chi connectivity index (χ4v) is 3.73. The molecule has 0 aliphatic rings. The Labute approximate surface area is 212 Å². The number of nitrogens with one attached hydrogen (secondary N) is 2. The van der Waals surface area contributed by atoms with Crippen molar-refractivity contribution >= 4 is 64.0 Å². The van der Waals surface area contributed by atoms with Crippen LogP contribution in [0.2, 0.25) is 15.1 Å². The number of halogens is 3. The average molecular weight is 525 g/mol. The van der Waals surface area contributed by atoms with Gasteiger partial charge < -0.3 is 20.5 Å². The van der Waals surface area contributed by atoms with Gasteiger partial charge in [-0.2, -0.15) is 4.98 Å². The van der Waals surface area contributed by atoms with E-state index in [4.69, 9.17) is 39.5 Å². The third kappa shape index (κ3) is 6.21. The second-order valence-electron chi connectivity index (χ2n) is 7.97. The molecule has 0 saturated heterocycles. The number of aliphatic hydroxyl groups is 1. The highest BCUT2D eigenvalue weighted by molar-refractivity contribution is 6.42. The molecule has 180 valence electrons. The first kappa shape index (κ1) is 25.8. The summed E-state index contributed by atoms with van der Waals surface area (Å²) in [5.74, 6) is 1.13. The van der Waals surface area contributed by atoms with Crippen LogP contribution < -0.4 is 20.3 Å². The van der Waals surface area contributed by atoms with Crippen LogP contribution >= 0.6 is 34.8 Å². The van der Waals surface area contributed by atoms with Gasteiger partial charge in [0.1, 0.15) is 11.6 Å². The topological polar surface area (TPSA) is 99.6 Å². The minimum Gasteiger partial charge on any atom is -0.497 e. The van der Waals surface area contributed by atoms with Crippen LogP contribution in [0.3, 0.4) is 0 Å². The number of hydrogen-bond donors (Lipinski definition) is 3. The monoisotopic (exact) mass is 523 g/mol. The Kier molecular flexibility index (Phi) is 8.09. The molecule has 34 heavy (non-hydrogen) atoms. The number of ether oxygens (including phenoxy) is 1. The Bertz CT molecular complexity index is 1150. The molecule has 1 heterocycles. The van der Waals surface area contributed by atoms with Gasteiger partial charge in [-0.05, 0) is 57.2 Å². The molecule has 0 radical (unpaired) electrons. The lowest BCUT2D eigenvalue weighted by Gasteiger charge is -2.27.